The van der Waals surface area contributed by atoms with Crippen LogP contribution >= 0.6 is 47.0 Å². The van der Waals surface area contributed by atoms with Crippen molar-refractivity contribution < 1.29 is 0 Å². The predicted octanol–water partition coefficient (Wildman–Crippen LogP) is 4.63. The third kappa shape index (κ3) is 3.50. The first kappa shape index (κ1) is 15.5. The summed E-state index contributed by atoms with van der Waals surface area (Å²) >= 11 is 23.4. The smallest absolute Gasteiger partial charge is 0.185 e. The van der Waals surface area contributed by atoms with E-state index in [2.05, 4.69) is 16.2 Å². The Labute approximate surface area is 144 Å². The average molecular weight is 365 g/mol. The van der Waals surface area contributed by atoms with Crippen molar-refractivity contribution in [3.63, 3.8) is 0 Å². The van der Waals surface area contributed by atoms with Crippen molar-refractivity contribution >= 4 is 57.8 Å². The quantitative estimate of drug-likeness (QED) is 0.540. The molecule has 1 aromatic carbocycles. The zero-order valence-corrected chi connectivity index (χ0v) is 14.3. The highest BCUT2D eigenvalue weighted by atomic mass is 35.5. The van der Waals surface area contributed by atoms with Gasteiger partial charge in [0.05, 0.1) is 15.7 Å². The summed E-state index contributed by atoms with van der Waals surface area (Å²) in [6.45, 7) is 0. The second-order valence-corrected chi connectivity index (χ2v) is 7.41. The minimum absolute atomic E-state index is 0.447. The van der Waals surface area contributed by atoms with Crippen LogP contribution in [0.2, 0.25) is 15.1 Å². The first-order valence-corrected chi connectivity index (χ1v) is 8.54. The number of nitrogens with one attached hydrogen (secondary N) is 3. The van der Waals surface area contributed by atoms with Gasteiger partial charge in [0, 0.05) is 11.1 Å². The van der Waals surface area contributed by atoms with Gasteiger partial charge in [-0.3, -0.25) is 10.9 Å². The lowest BCUT2D eigenvalue weighted by atomic mass is 9.96. The molecule has 0 radical (unpaired) electrons. The summed E-state index contributed by atoms with van der Waals surface area (Å²) < 4.78 is 0. The maximum atomic E-state index is 6.10. The molecule has 1 aromatic rings. The van der Waals surface area contributed by atoms with Crippen molar-refractivity contribution in [2.45, 2.75) is 31.7 Å². The maximum Gasteiger partial charge on any atom is 0.185 e. The van der Waals surface area contributed by atoms with E-state index in [-0.39, 0.29) is 0 Å². The van der Waals surface area contributed by atoms with Gasteiger partial charge in [0.25, 0.3) is 0 Å². The molecule has 3 N–H and O–H groups in total. The summed E-state index contributed by atoms with van der Waals surface area (Å²) in [7, 11) is 0. The van der Waals surface area contributed by atoms with E-state index in [9.17, 15) is 0 Å². The minimum Gasteiger partial charge on any atom is -0.358 e. The van der Waals surface area contributed by atoms with Gasteiger partial charge >= 0.3 is 0 Å². The number of hydrazine groups is 1. The molecule has 0 saturated heterocycles. The molecule has 2 saturated carbocycles. The number of anilines is 1. The van der Waals surface area contributed by atoms with Gasteiger partial charge < -0.3 is 5.32 Å². The average Bonchev–Trinajstić information content (AvgIpc) is 2.99. The summed E-state index contributed by atoms with van der Waals surface area (Å²) in [5.74, 6) is 1.64. The largest absolute Gasteiger partial charge is 0.358 e. The van der Waals surface area contributed by atoms with Crippen molar-refractivity contribution in [1.29, 1.82) is 0 Å². The monoisotopic (exact) mass is 363 g/mol. The third-order valence-electron chi connectivity index (χ3n) is 4.36. The van der Waals surface area contributed by atoms with Crippen molar-refractivity contribution in [2.24, 2.45) is 11.8 Å². The lowest BCUT2D eigenvalue weighted by Crippen LogP contribution is -2.46. The third-order valence-corrected chi connectivity index (χ3v) is 5.40. The van der Waals surface area contributed by atoms with Gasteiger partial charge in [0.2, 0.25) is 0 Å². The standard InChI is InChI=1S/C14H16Cl3N3S/c15-9-5-10(16)13(11(17)6-9)19-20-14(21)18-12-4-7-1-2-8(12)3-7/h5-8,12,19H,1-4H2,(H2,18,20,21)/t7-,8+,12-/m1/s1. The van der Waals surface area contributed by atoms with Gasteiger partial charge in [0.1, 0.15) is 0 Å². The molecule has 114 valence electrons. The molecule has 3 atom stereocenters. The number of halogens is 3. The maximum absolute atomic E-state index is 6.10. The molecule has 3 rings (SSSR count). The highest BCUT2D eigenvalue weighted by Gasteiger charge is 2.39. The van der Waals surface area contributed by atoms with Crippen molar-refractivity contribution in [2.75, 3.05) is 5.43 Å². The molecule has 0 spiro atoms. The van der Waals surface area contributed by atoms with Gasteiger partial charge in [0.15, 0.2) is 5.11 Å². The second kappa shape index (κ2) is 6.37. The van der Waals surface area contributed by atoms with Crippen molar-refractivity contribution in [1.82, 2.24) is 10.7 Å². The second-order valence-electron chi connectivity index (χ2n) is 5.75. The first-order chi connectivity index (χ1) is 10.0. The number of rotatable bonds is 3. The summed E-state index contributed by atoms with van der Waals surface area (Å²) in [4.78, 5) is 0. The molecule has 2 aliphatic rings. The number of thiocarbonyl (C=S) groups is 1. The normalized spacial score (nSPS) is 26.7. The van der Waals surface area contributed by atoms with Gasteiger partial charge in [-0.15, -0.1) is 0 Å². The van der Waals surface area contributed by atoms with Gasteiger partial charge in [-0.05, 0) is 55.4 Å². The van der Waals surface area contributed by atoms with Gasteiger partial charge in [-0.25, -0.2) is 0 Å². The van der Waals surface area contributed by atoms with Crippen LogP contribution in [0.1, 0.15) is 25.7 Å². The fraction of sp³-hybridized carbons (Fsp3) is 0.500. The topological polar surface area (TPSA) is 36.1 Å². The Morgan fingerprint density at radius 1 is 1.10 bits per heavy atom. The Balaban J connectivity index is 1.54. The van der Waals surface area contributed by atoms with Crippen molar-refractivity contribution in [3.05, 3.63) is 27.2 Å². The molecular formula is C14H16Cl3N3S. The van der Waals surface area contributed by atoms with Crippen molar-refractivity contribution in [3.8, 4) is 0 Å². The number of hydrogen-bond donors (Lipinski definition) is 3. The van der Waals surface area contributed by atoms with Crippen LogP contribution in [0.3, 0.4) is 0 Å². The zero-order valence-electron chi connectivity index (χ0n) is 11.3. The van der Waals surface area contributed by atoms with E-state index in [1.165, 1.54) is 25.7 Å². The molecule has 3 nitrogen and oxygen atoms in total. The van der Waals surface area contributed by atoms with E-state index in [1.807, 2.05) is 0 Å². The predicted molar refractivity (Wildman–Crippen MR) is 93.2 cm³/mol. The Morgan fingerprint density at radius 2 is 1.81 bits per heavy atom. The van der Waals surface area contributed by atoms with Gasteiger partial charge in [-0.2, -0.15) is 0 Å². The van der Waals surface area contributed by atoms with Crippen LogP contribution in [0.25, 0.3) is 0 Å². The van der Waals surface area contributed by atoms with Crippen LogP contribution in [0.5, 0.6) is 0 Å². The summed E-state index contributed by atoms with van der Waals surface area (Å²) in [5.41, 5.74) is 6.46. The molecule has 0 aromatic heterocycles. The molecule has 2 fully saturated rings. The SMILES string of the molecule is S=C(NNc1c(Cl)cc(Cl)cc1Cl)N[C@@H]1C[C@@H]2CC[C@H]1C2. The van der Waals surface area contributed by atoms with E-state index >= 15 is 0 Å². The Morgan fingerprint density at radius 3 is 2.38 bits per heavy atom. The highest BCUT2D eigenvalue weighted by molar-refractivity contribution is 7.80. The van der Waals surface area contributed by atoms with E-state index in [1.54, 1.807) is 12.1 Å². The lowest BCUT2D eigenvalue weighted by Gasteiger charge is -2.25. The van der Waals surface area contributed by atoms with Crippen LogP contribution in [-0.4, -0.2) is 11.2 Å². The number of fused-ring (bicyclic) bond motifs is 2. The summed E-state index contributed by atoms with van der Waals surface area (Å²) in [6, 6.07) is 3.75. The molecule has 21 heavy (non-hydrogen) atoms. The number of hydrogen-bond acceptors (Lipinski definition) is 2. The van der Waals surface area contributed by atoms with Crippen LogP contribution in [0.15, 0.2) is 12.1 Å². The van der Waals surface area contributed by atoms with E-state index in [0.29, 0.717) is 31.9 Å². The summed E-state index contributed by atoms with van der Waals surface area (Å²) in [5, 5.41) is 5.33. The molecule has 7 heteroatoms. The van der Waals surface area contributed by atoms with E-state index < -0.39 is 0 Å². The fourth-order valence-corrected chi connectivity index (χ4v) is 4.52. The molecule has 0 unspecified atom stereocenters. The van der Waals surface area contributed by atoms with E-state index in [4.69, 9.17) is 47.0 Å². The van der Waals surface area contributed by atoms with Crippen LogP contribution in [0.4, 0.5) is 5.69 Å². The number of benzene rings is 1. The first-order valence-electron chi connectivity index (χ1n) is 7.00. The van der Waals surface area contributed by atoms with E-state index in [0.717, 1.165) is 11.8 Å². The minimum atomic E-state index is 0.447. The molecule has 0 heterocycles. The molecule has 2 bridgehead atoms. The van der Waals surface area contributed by atoms with Crippen LogP contribution < -0.4 is 16.2 Å². The van der Waals surface area contributed by atoms with Crippen LogP contribution in [0, 0.1) is 11.8 Å². The summed E-state index contributed by atoms with van der Waals surface area (Å²) in [6.07, 6.45) is 5.24. The molecule has 2 aliphatic carbocycles. The highest BCUT2D eigenvalue weighted by Crippen LogP contribution is 2.44. The molecule has 0 amide bonds. The lowest BCUT2D eigenvalue weighted by molar-refractivity contribution is 0.390. The Bertz CT molecular complexity index is 543. The molecule has 0 aliphatic heterocycles. The fourth-order valence-electron chi connectivity index (χ4n) is 3.41. The van der Waals surface area contributed by atoms with Crippen LogP contribution in [-0.2, 0) is 0 Å². The van der Waals surface area contributed by atoms with Gasteiger partial charge in [-0.1, -0.05) is 41.2 Å². The zero-order chi connectivity index (χ0) is 15.0. The Hall–Kier alpha value is -0.420. The molecular weight excluding hydrogens is 349 g/mol. The Kier molecular flexibility index (Phi) is 4.69.